The molecule has 0 atom stereocenters. The predicted molar refractivity (Wildman–Crippen MR) is 83.5 cm³/mol. The van der Waals surface area contributed by atoms with Gasteiger partial charge in [-0.05, 0) is 13.1 Å². The molecule has 1 amide bonds. The minimum atomic E-state index is -4.72. The normalized spacial score (nSPS) is 15.6. The Labute approximate surface area is 139 Å². The van der Waals surface area contributed by atoms with E-state index in [2.05, 4.69) is 10.1 Å². The van der Waals surface area contributed by atoms with Crippen LogP contribution in [0.2, 0.25) is 0 Å². The van der Waals surface area contributed by atoms with Crippen LogP contribution in [0.3, 0.4) is 0 Å². The molecule has 0 aliphatic carbocycles. The number of nitrogens with one attached hydrogen (secondary N) is 1. The van der Waals surface area contributed by atoms with E-state index < -0.39 is 6.36 Å². The molecule has 1 heterocycles. The molecule has 0 bridgehead atoms. The fourth-order valence-corrected chi connectivity index (χ4v) is 2.59. The summed E-state index contributed by atoms with van der Waals surface area (Å²) in [5, 5.41) is 3.18. The Kier molecular flexibility index (Phi) is 6.44. The lowest BCUT2D eigenvalue weighted by molar-refractivity contribution is -0.275. The Bertz CT molecular complexity index is 546. The molecular weight excluding hydrogens is 323 g/mol. The highest BCUT2D eigenvalue weighted by Gasteiger charge is 2.32. The molecule has 5 nitrogen and oxygen atoms in total. The van der Waals surface area contributed by atoms with Crippen molar-refractivity contribution in [3.63, 3.8) is 0 Å². The summed E-state index contributed by atoms with van der Waals surface area (Å²) in [5.41, 5.74) is 0.437. The third-order valence-corrected chi connectivity index (χ3v) is 3.82. The molecule has 24 heavy (non-hydrogen) atoms. The number of ether oxygens (including phenoxy) is 1. The number of para-hydroxylation sites is 1. The van der Waals surface area contributed by atoms with E-state index in [1.165, 1.54) is 12.1 Å². The second kappa shape index (κ2) is 8.34. The largest absolute Gasteiger partial charge is 0.573 e. The highest BCUT2D eigenvalue weighted by Crippen LogP contribution is 2.26. The first-order valence-corrected chi connectivity index (χ1v) is 7.86. The summed E-state index contributed by atoms with van der Waals surface area (Å²) in [4.78, 5) is 15.7. The summed E-state index contributed by atoms with van der Waals surface area (Å²) in [6.07, 6.45) is -4.37. The molecule has 0 aromatic heterocycles. The van der Waals surface area contributed by atoms with Crippen molar-refractivity contribution in [3.05, 3.63) is 29.8 Å². The number of hydrogen-bond donors (Lipinski definition) is 1. The number of hydrogen-bond acceptors (Lipinski definition) is 4. The molecule has 1 aliphatic heterocycles. The van der Waals surface area contributed by atoms with Crippen LogP contribution in [0.1, 0.15) is 12.0 Å². The average molecular weight is 345 g/mol. The molecule has 0 spiro atoms. The van der Waals surface area contributed by atoms with Crippen molar-refractivity contribution >= 4 is 5.91 Å². The average Bonchev–Trinajstić information content (AvgIpc) is 2.54. The van der Waals surface area contributed by atoms with E-state index in [0.29, 0.717) is 31.6 Å². The van der Waals surface area contributed by atoms with Crippen LogP contribution in [0.4, 0.5) is 13.2 Å². The minimum Gasteiger partial charge on any atom is -0.405 e. The number of benzene rings is 1. The zero-order chi connectivity index (χ0) is 17.6. The molecule has 1 fully saturated rings. The van der Waals surface area contributed by atoms with E-state index in [1.807, 2.05) is 9.80 Å². The van der Waals surface area contributed by atoms with Crippen LogP contribution in [0.25, 0.3) is 0 Å². The topological polar surface area (TPSA) is 44.8 Å². The van der Waals surface area contributed by atoms with Gasteiger partial charge in [-0.25, -0.2) is 0 Å². The van der Waals surface area contributed by atoms with E-state index >= 15 is 0 Å². The Balaban J connectivity index is 1.85. The summed E-state index contributed by atoms with van der Waals surface area (Å²) >= 11 is 0. The predicted octanol–water partition coefficient (Wildman–Crippen LogP) is 1.84. The zero-order valence-electron chi connectivity index (χ0n) is 13.6. The molecule has 1 aliphatic rings. The summed E-state index contributed by atoms with van der Waals surface area (Å²) in [6.45, 7) is 3.74. The molecule has 0 unspecified atom stereocenters. The maximum Gasteiger partial charge on any atom is 0.573 e. The first-order valence-electron chi connectivity index (χ1n) is 7.86. The summed E-state index contributed by atoms with van der Waals surface area (Å²) in [6, 6.07) is 6.05. The van der Waals surface area contributed by atoms with Crippen molar-refractivity contribution in [1.29, 1.82) is 0 Å². The quantitative estimate of drug-likeness (QED) is 0.855. The lowest BCUT2D eigenvalue weighted by atomic mass is 10.2. The second-order valence-corrected chi connectivity index (χ2v) is 5.77. The Morgan fingerprint density at radius 3 is 2.62 bits per heavy atom. The number of piperazine rings is 1. The van der Waals surface area contributed by atoms with Gasteiger partial charge in [-0.1, -0.05) is 18.2 Å². The first kappa shape index (κ1) is 18.5. The van der Waals surface area contributed by atoms with Gasteiger partial charge in [0, 0.05) is 51.3 Å². The first-order chi connectivity index (χ1) is 11.3. The number of carbonyl (C=O) groups is 1. The summed E-state index contributed by atoms with van der Waals surface area (Å²) in [5.74, 6) is -0.131. The van der Waals surface area contributed by atoms with Gasteiger partial charge >= 0.3 is 6.36 Å². The Hall–Kier alpha value is -1.80. The summed E-state index contributed by atoms with van der Waals surface area (Å²) < 4.78 is 41.3. The molecule has 134 valence electrons. The van der Waals surface area contributed by atoms with E-state index in [1.54, 1.807) is 19.2 Å². The van der Waals surface area contributed by atoms with Crippen LogP contribution in [0.15, 0.2) is 24.3 Å². The fourth-order valence-electron chi connectivity index (χ4n) is 2.59. The van der Waals surface area contributed by atoms with Crippen LogP contribution in [-0.4, -0.2) is 61.8 Å². The fraction of sp³-hybridized carbons (Fsp3) is 0.562. The minimum absolute atomic E-state index is 0.0724. The standard InChI is InChI=1S/C16H22F3N3O2/c1-21(9-6-15(23)22-10-7-20-8-11-22)12-13-4-2-3-5-14(13)24-16(17,18)19/h2-5,20H,6-12H2,1H3. The Morgan fingerprint density at radius 1 is 1.29 bits per heavy atom. The SMILES string of the molecule is CN(CCC(=O)N1CCNCC1)Cc1ccccc1OC(F)(F)F. The monoisotopic (exact) mass is 345 g/mol. The van der Waals surface area contributed by atoms with Crippen molar-refractivity contribution < 1.29 is 22.7 Å². The van der Waals surface area contributed by atoms with Gasteiger partial charge in [-0.3, -0.25) is 4.79 Å². The van der Waals surface area contributed by atoms with Crippen molar-refractivity contribution in [3.8, 4) is 5.75 Å². The number of amides is 1. The van der Waals surface area contributed by atoms with Gasteiger partial charge in [0.15, 0.2) is 0 Å². The van der Waals surface area contributed by atoms with E-state index in [-0.39, 0.29) is 18.2 Å². The molecule has 8 heteroatoms. The smallest absolute Gasteiger partial charge is 0.405 e. The van der Waals surface area contributed by atoms with Gasteiger partial charge in [0.05, 0.1) is 0 Å². The molecule has 0 saturated carbocycles. The molecule has 2 rings (SSSR count). The number of halogens is 3. The van der Waals surface area contributed by atoms with Crippen LogP contribution in [0, 0.1) is 0 Å². The highest BCUT2D eigenvalue weighted by molar-refractivity contribution is 5.76. The lowest BCUT2D eigenvalue weighted by Gasteiger charge is -2.28. The van der Waals surface area contributed by atoms with Gasteiger partial charge in [-0.15, -0.1) is 13.2 Å². The molecule has 1 aromatic carbocycles. The highest BCUT2D eigenvalue weighted by atomic mass is 19.4. The van der Waals surface area contributed by atoms with Gasteiger partial charge in [0.25, 0.3) is 0 Å². The lowest BCUT2D eigenvalue weighted by Crippen LogP contribution is -2.47. The maximum atomic E-state index is 12.4. The van der Waals surface area contributed by atoms with Crippen LogP contribution < -0.4 is 10.1 Å². The van der Waals surface area contributed by atoms with Crippen LogP contribution >= 0.6 is 0 Å². The number of rotatable bonds is 6. The molecule has 1 saturated heterocycles. The van der Waals surface area contributed by atoms with Gasteiger partial charge < -0.3 is 19.9 Å². The van der Waals surface area contributed by atoms with Gasteiger partial charge in [0.2, 0.25) is 5.91 Å². The zero-order valence-corrected chi connectivity index (χ0v) is 13.6. The van der Waals surface area contributed by atoms with Crippen molar-refractivity contribution in [2.24, 2.45) is 0 Å². The van der Waals surface area contributed by atoms with Crippen molar-refractivity contribution in [2.75, 3.05) is 39.8 Å². The van der Waals surface area contributed by atoms with E-state index in [4.69, 9.17) is 0 Å². The molecule has 1 N–H and O–H groups in total. The van der Waals surface area contributed by atoms with Crippen molar-refractivity contribution in [2.45, 2.75) is 19.3 Å². The maximum absolute atomic E-state index is 12.4. The second-order valence-electron chi connectivity index (χ2n) is 5.77. The van der Waals surface area contributed by atoms with Crippen molar-refractivity contribution in [1.82, 2.24) is 15.1 Å². The van der Waals surface area contributed by atoms with Gasteiger partial charge in [-0.2, -0.15) is 0 Å². The Morgan fingerprint density at radius 2 is 1.96 bits per heavy atom. The molecular formula is C16H22F3N3O2. The van der Waals surface area contributed by atoms with E-state index in [9.17, 15) is 18.0 Å². The van der Waals surface area contributed by atoms with Gasteiger partial charge in [0.1, 0.15) is 5.75 Å². The van der Waals surface area contributed by atoms with E-state index in [0.717, 1.165) is 13.1 Å². The number of carbonyl (C=O) groups excluding carboxylic acids is 1. The molecule has 0 radical (unpaired) electrons. The van der Waals surface area contributed by atoms with Crippen LogP contribution in [0.5, 0.6) is 5.75 Å². The third-order valence-electron chi connectivity index (χ3n) is 3.82. The third kappa shape index (κ3) is 6.01. The van der Waals surface area contributed by atoms with Crippen LogP contribution in [-0.2, 0) is 11.3 Å². The summed E-state index contributed by atoms with van der Waals surface area (Å²) in [7, 11) is 1.77. The number of alkyl halides is 3. The molecule has 1 aromatic rings. The number of nitrogens with zero attached hydrogens (tertiary/aromatic N) is 2.